The van der Waals surface area contributed by atoms with Crippen molar-refractivity contribution in [3.8, 4) is 0 Å². The number of hydrogen-bond acceptors (Lipinski definition) is 2. The minimum Gasteiger partial charge on any atom is -0.326 e. The second kappa shape index (κ2) is 6.57. The van der Waals surface area contributed by atoms with Crippen molar-refractivity contribution < 1.29 is 0 Å². The van der Waals surface area contributed by atoms with Crippen LogP contribution in [0.4, 0.5) is 0 Å². The standard InChI is InChI=1S/C14H19N3.ClH/c1-11(2)14-6-4-3-5-13(14)10-17-9-12(7-15)8-16-17;/h3-6,8-9,11H,7,10,15H2,1-2H3;1H. The second-order valence-corrected chi connectivity index (χ2v) is 4.60. The lowest BCUT2D eigenvalue weighted by atomic mass is 9.97. The van der Waals surface area contributed by atoms with Crippen molar-refractivity contribution in [3.63, 3.8) is 0 Å². The third-order valence-corrected chi connectivity index (χ3v) is 2.93. The number of aromatic nitrogens is 2. The molecule has 18 heavy (non-hydrogen) atoms. The predicted molar refractivity (Wildman–Crippen MR) is 77.0 cm³/mol. The summed E-state index contributed by atoms with van der Waals surface area (Å²) in [6.45, 7) is 5.79. The fourth-order valence-corrected chi connectivity index (χ4v) is 2.01. The fraction of sp³-hybridized carbons (Fsp3) is 0.357. The number of rotatable bonds is 4. The monoisotopic (exact) mass is 265 g/mol. The van der Waals surface area contributed by atoms with Crippen LogP contribution in [0.25, 0.3) is 0 Å². The average molecular weight is 266 g/mol. The van der Waals surface area contributed by atoms with Crippen molar-refractivity contribution in [1.29, 1.82) is 0 Å². The van der Waals surface area contributed by atoms with Gasteiger partial charge in [0.25, 0.3) is 0 Å². The maximum atomic E-state index is 5.58. The first kappa shape index (κ1) is 14.7. The molecular formula is C14H20ClN3. The highest BCUT2D eigenvalue weighted by Crippen LogP contribution is 2.19. The van der Waals surface area contributed by atoms with E-state index in [4.69, 9.17) is 5.73 Å². The van der Waals surface area contributed by atoms with Gasteiger partial charge in [0.05, 0.1) is 12.7 Å². The molecule has 1 heterocycles. The Balaban J connectivity index is 0.00000162. The molecule has 2 rings (SSSR count). The number of benzene rings is 1. The second-order valence-electron chi connectivity index (χ2n) is 4.60. The molecule has 0 unspecified atom stereocenters. The highest BCUT2D eigenvalue weighted by molar-refractivity contribution is 5.85. The first-order valence-electron chi connectivity index (χ1n) is 6.00. The third-order valence-electron chi connectivity index (χ3n) is 2.93. The zero-order chi connectivity index (χ0) is 12.3. The van der Waals surface area contributed by atoms with E-state index in [2.05, 4.69) is 43.2 Å². The number of nitrogens with zero attached hydrogens (tertiary/aromatic N) is 2. The van der Waals surface area contributed by atoms with Crippen LogP contribution in [-0.4, -0.2) is 9.78 Å². The van der Waals surface area contributed by atoms with Gasteiger partial charge in [-0.1, -0.05) is 38.1 Å². The summed E-state index contributed by atoms with van der Waals surface area (Å²) in [5, 5.41) is 4.32. The molecule has 0 aliphatic heterocycles. The number of halogens is 1. The van der Waals surface area contributed by atoms with Gasteiger partial charge in [0.15, 0.2) is 0 Å². The summed E-state index contributed by atoms with van der Waals surface area (Å²) in [6, 6.07) is 8.52. The van der Waals surface area contributed by atoms with E-state index >= 15 is 0 Å². The molecule has 4 heteroatoms. The molecule has 1 aromatic carbocycles. The molecule has 0 fully saturated rings. The Hall–Kier alpha value is -1.32. The maximum absolute atomic E-state index is 5.58. The van der Waals surface area contributed by atoms with Gasteiger partial charge in [-0.2, -0.15) is 5.10 Å². The zero-order valence-electron chi connectivity index (χ0n) is 10.8. The quantitative estimate of drug-likeness (QED) is 0.924. The van der Waals surface area contributed by atoms with Gasteiger partial charge in [-0.15, -0.1) is 12.4 Å². The first-order chi connectivity index (χ1) is 8.20. The van der Waals surface area contributed by atoms with Crippen molar-refractivity contribution in [2.24, 2.45) is 5.73 Å². The van der Waals surface area contributed by atoms with Crippen molar-refractivity contribution >= 4 is 12.4 Å². The van der Waals surface area contributed by atoms with Crippen LogP contribution in [-0.2, 0) is 13.1 Å². The van der Waals surface area contributed by atoms with Gasteiger partial charge in [0.2, 0.25) is 0 Å². The summed E-state index contributed by atoms with van der Waals surface area (Å²) >= 11 is 0. The normalized spacial score (nSPS) is 10.4. The number of nitrogens with two attached hydrogens (primary N) is 1. The minimum absolute atomic E-state index is 0. The summed E-state index contributed by atoms with van der Waals surface area (Å²) in [4.78, 5) is 0. The molecule has 0 bridgehead atoms. The summed E-state index contributed by atoms with van der Waals surface area (Å²) in [5.41, 5.74) is 9.37. The SMILES string of the molecule is CC(C)c1ccccc1Cn1cc(CN)cn1.Cl. The smallest absolute Gasteiger partial charge is 0.0662 e. The van der Waals surface area contributed by atoms with Crippen LogP contribution < -0.4 is 5.73 Å². The van der Waals surface area contributed by atoms with Gasteiger partial charge in [0.1, 0.15) is 0 Å². The zero-order valence-corrected chi connectivity index (χ0v) is 11.7. The van der Waals surface area contributed by atoms with Gasteiger partial charge in [-0.25, -0.2) is 0 Å². The Bertz CT molecular complexity index is 491. The van der Waals surface area contributed by atoms with Crippen LogP contribution in [0.1, 0.15) is 36.5 Å². The third kappa shape index (κ3) is 3.34. The summed E-state index contributed by atoms with van der Waals surface area (Å²) < 4.78 is 1.95. The molecule has 0 saturated carbocycles. The summed E-state index contributed by atoms with van der Waals surface area (Å²) in [6.07, 6.45) is 3.84. The molecule has 0 amide bonds. The maximum Gasteiger partial charge on any atom is 0.0662 e. The predicted octanol–water partition coefficient (Wildman–Crippen LogP) is 2.94. The van der Waals surface area contributed by atoms with Gasteiger partial charge in [-0.05, 0) is 17.0 Å². The highest BCUT2D eigenvalue weighted by Gasteiger charge is 2.06. The summed E-state index contributed by atoms with van der Waals surface area (Å²) in [5.74, 6) is 0.538. The van der Waals surface area contributed by atoms with Crippen LogP contribution in [0.15, 0.2) is 36.7 Å². The lowest BCUT2D eigenvalue weighted by molar-refractivity contribution is 0.674. The Morgan fingerprint density at radius 2 is 2.00 bits per heavy atom. The molecule has 0 radical (unpaired) electrons. The molecule has 98 valence electrons. The van der Waals surface area contributed by atoms with Crippen LogP contribution in [0.5, 0.6) is 0 Å². The van der Waals surface area contributed by atoms with Gasteiger partial charge in [0, 0.05) is 18.3 Å². The van der Waals surface area contributed by atoms with Crippen molar-refractivity contribution in [1.82, 2.24) is 9.78 Å². The van der Waals surface area contributed by atoms with E-state index in [1.54, 1.807) is 0 Å². The van der Waals surface area contributed by atoms with Crippen molar-refractivity contribution in [2.75, 3.05) is 0 Å². The molecule has 0 saturated heterocycles. The molecule has 3 nitrogen and oxygen atoms in total. The fourth-order valence-electron chi connectivity index (χ4n) is 2.01. The van der Waals surface area contributed by atoms with E-state index in [9.17, 15) is 0 Å². The van der Waals surface area contributed by atoms with E-state index < -0.39 is 0 Å². The Labute approximate surface area is 114 Å². The molecule has 2 N–H and O–H groups in total. The van der Waals surface area contributed by atoms with Gasteiger partial charge in [-0.3, -0.25) is 4.68 Å². The number of hydrogen-bond donors (Lipinski definition) is 1. The van der Waals surface area contributed by atoms with Crippen LogP contribution in [0, 0.1) is 0 Å². The van der Waals surface area contributed by atoms with Crippen LogP contribution in [0.2, 0.25) is 0 Å². The van der Waals surface area contributed by atoms with E-state index in [-0.39, 0.29) is 12.4 Å². The lowest BCUT2D eigenvalue weighted by Crippen LogP contribution is -2.04. The Morgan fingerprint density at radius 1 is 1.28 bits per heavy atom. The lowest BCUT2D eigenvalue weighted by Gasteiger charge is -2.12. The summed E-state index contributed by atoms with van der Waals surface area (Å²) in [7, 11) is 0. The van der Waals surface area contributed by atoms with E-state index in [0.717, 1.165) is 12.1 Å². The van der Waals surface area contributed by atoms with Gasteiger partial charge >= 0.3 is 0 Å². The first-order valence-corrected chi connectivity index (χ1v) is 6.00. The topological polar surface area (TPSA) is 43.8 Å². The van der Waals surface area contributed by atoms with Gasteiger partial charge < -0.3 is 5.73 Å². The largest absolute Gasteiger partial charge is 0.326 e. The van der Waals surface area contributed by atoms with E-state index in [1.807, 2.05) is 17.1 Å². The molecule has 0 aliphatic rings. The van der Waals surface area contributed by atoms with E-state index in [1.165, 1.54) is 11.1 Å². The molecule has 0 aliphatic carbocycles. The molecule has 2 aromatic rings. The van der Waals surface area contributed by atoms with Crippen molar-refractivity contribution in [3.05, 3.63) is 53.3 Å². The Kier molecular flexibility index (Phi) is 5.38. The molecular weight excluding hydrogens is 246 g/mol. The molecule has 0 atom stereocenters. The Morgan fingerprint density at radius 3 is 2.61 bits per heavy atom. The highest BCUT2D eigenvalue weighted by atomic mass is 35.5. The van der Waals surface area contributed by atoms with Crippen molar-refractivity contribution in [2.45, 2.75) is 32.9 Å². The average Bonchev–Trinajstić information content (AvgIpc) is 2.77. The molecule has 0 spiro atoms. The van der Waals surface area contributed by atoms with Crippen LogP contribution >= 0.6 is 12.4 Å². The minimum atomic E-state index is 0. The van der Waals surface area contributed by atoms with E-state index in [0.29, 0.717) is 12.5 Å². The molecule has 1 aromatic heterocycles. The van der Waals surface area contributed by atoms with Crippen LogP contribution in [0.3, 0.4) is 0 Å².